The quantitative estimate of drug-likeness (QED) is 0.890. The highest BCUT2D eigenvalue weighted by Crippen LogP contribution is 2.19. The molecule has 0 unspecified atom stereocenters. The number of rotatable bonds is 5. The van der Waals surface area contributed by atoms with Gasteiger partial charge in [0.05, 0.1) is 6.20 Å². The van der Waals surface area contributed by atoms with E-state index in [0.29, 0.717) is 13.1 Å². The molecular weight excluding hydrogens is 274 g/mol. The van der Waals surface area contributed by atoms with Gasteiger partial charge in [0.2, 0.25) is 0 Å². The first-order chi connectivity index (χ1) is 9.38. The lowest BCUT2D eigenvalue weighted by molar-refractivity contribution is 0.0566. The maximum atomic E-state index is 10.5. The summed E-state index contributed by atoms with van der Waals surface area (Å²) >= 11 is 5.94. The van der Waals surface area contributed by atoms with E-state index in [0.717, 1.165) is 16.1 Å². The number of aromatic nitrogens is 2. The SMILES string of the molecule is Cc1cc(Cl)ccc1CNC[C@](C)(O)c1cnn(C)c1. The van der Waals surface area contributed by atoms with Crippen LogP contribution in [0.5, 0.6) is 0 Å². The van der Waals surface area contributed by atoms with Gasteiger partial charge in [-0.2, -0.15) is 5.10 Å². The predicted octanol–water partition coefficient (Wildman–Crippen LogP) is 2.38. The average Bonchev–Trinajstić information content (AvgIpc) is 2.79. The molecule has 2 rings (SSSR count). The second-order valence-corrected chi connectivity index (χ2v) is 5.79. The molecule has 4 nitrogen and oxygen atoms in total. The Bertz CT molecular complexity index is 593. The van der Waals surface area contributed by atoms with Crippen molar-refractivity contribution in [2.45, 2.75) is 26.0 Å². The molecule has 1 aromatic carbocycles. The van der Waals surface area contributed by atoms with Gasteiger partial charge < -0.3 is 10.4 Å². The summed E-state index contributed by atoms with van der Waals surface area (Å²) in [5.74, 6) is 0. The zero-order chi connectivity index (χ0) is 14.8. The third-order valence-electron chi connectivity index (χ3n) is 3.42. The molecule has 1 heterocycles. The molecule has 2 aromatic rings. The van der Waals surface area contributed by atoms with E-state index in [4.69, 9.17) is 11.6 Å². The topological polar surface area (TPSA) is 50.1 Å². The molecule has 0 radical (unpaired) electrons. The van der Waals surface area contributed by atoms with Crippen LogP contribution in [0.25, 0.3) is 0 Å². The zero-order valence-electron chi connectivity index (χ0n) is 12.0. The number of halogens is 1. The Labute approximate surface area is 124 Å². The number of hydrogen-bond donors (Lipinski definition) is 2. The molecule has 0 fully saturated rings. The number of aliphatic hydroxyl groups is 1. The standard InChI is InChI=1S/C15H20ClN3O/c1-11-6-14(16)5-4-12(11)7-17-10-15(2,20)13-8-18-19(3)9-13/h4-6,8-9,17,20H,7,10H2,1-3H3/t15-/m0/s1. The molecular formula is C15H20ClN3O. The number of nitrogens with zero attached hydrogens (tertiary/aromatic N) is 2. The second kappa shape index (κ2) is 5.95. The third kappa shape index (κ3) is 3.60. The third-order valence-corrected chi connectivity index (χ3v) is 3.65. The van der Waals surface area contributed by atoms with Crippen LogP contribution in [0.15, 0.2) is 30.6 Å². The molecule has 0 bridgehead atoms. The summed E-state index contributed by atoms with van der Waals surface area (Å²) in [7, 11) is 1.84. The zero-order valence-corrected chi connectivity index (χ0v) is 12.8. The first kappa shape index (κ1) is 15.0. The van der Waals surface area contributed by atoms with Crippen molar-refractivity contribution in [3.63, 3.8) is 0 Å². The number of aryl methyl sites for hydroxylation is 2. The van der Waals surface area contributed by atoms with Crippen LogP contribution in [0.2, 0.25) is 5.02 Å². The van der Waals surface area contributed by atoms with Crippen LogP contribution in [-0.2, 0) is 19.2 Å². The van der Waals surface area contributed by atoms with E-state index >= 15 is 0 Å². The van der Waals surface area contributed by atoms with Gasteiger partial charge in [-0.1, -0.05) is 17.7 Å². The van der Waals surface area contributed by atoms with Gasteiger partial charge in [-0.25, -0.2) is 0 Å². The summed E-state index contributed by atoms with van der Waals surface area (Å²) < 4.78 is 1.69. The summed E-state index contributed by atoms with van der Waals surface area (Å²) in [6.45, 7) is 4.97. The Hall–Kier alpha value is -1.36. The number of benzene rings is 1. The van der Waals surface area contributed by atoms with Crippen molar-refractivity contribution in [2.75, 3.05) is 6.54 Å². The van der Waals surface area contributed by atoms with E-state index in [1.165, 1.54) is 5.56 Å². The fraction of sp³-hybridized carbons (Fsp3) is 0.400. The lowest BCUT2D eigenvalue weighted by atomic mass is 9.99. The molecule has 0 aliphatic heterocycles. The van der Waals surface area contributed by atoms with Crippen molar-refractivity contribution in [1.29, 1.82) is 0 Å². The van der Waals surface area contributed by atoms with Crippen molar-refractivity contribution in [3.05, 3.63) is 52.3 Å². The Morgan fingerprint density at radius 1 is 1.45 bits per heavy atom. The monoisotopic (exact) mass is 293 g/mol. The van der Waals surface area contributed by atoms with Gasteiger partial charge in [-0.3, -0.25) is 4.68 Å². The second-order valence-electron chi connectivity index (χ2n) is 5.35. The Kier molecular flexibility index (Phi) is 4.48. The van der Waals surface area contributed by atoms with Crippen LogP contribution in [0.3, 0.4) is 0 Å². The predicted molar refractivity (Wildman–Crippen MR) is 80.7 cm³/mol. The van der Waals surface area contributed by atoms with E-state index < -0.39 is 5.60 Å². The van der Waals surface area contributed by atoms with Crippen LogP contribution in [-0.4, -0.2) is 21.4 Å². The average molecular weight is 294 g/mol. The van der Waals surface area contributed by atoms with Crippen molar-refractivity contribution in [2.24, 2.45) is 7.05 Å². The fourth-order valence-electron chi connectivity index (χ4n) is 2.10. The van der Waals surface area contributed by atoms with Gasteiger partial charge in [-0.15, -0.1) is 0 Å². The summed E-state index contributed by atoms with van der Waals surface area (Å²) in [6, 6.07) is 5.83. The lowest BCUT2D eigenvalue weighted by Crippen LogP contribution is -2.35. The molecule has 0 saturated carbocycles. The highest BCUT2D eigenvalue weighted by atomic mass is 35.5. The molecule has 1 aromatic heterocycles. The van der Waals surface area contributed by atoms with Gasteiger partial charge in [0.25, 0.3) is 0 Å². The number of nitrogens with one attached hydrogen (secondary N) is 1. The van der Waals surface area contributed by atoms with Crippen LogP contribution < -0.4 is 5.32 Å². The minimum Gasteiger partial charge on any atom is -0.384 e. The molecule has 20 heavy (non-hydrogen) atoms. The smallest absolute Gasteiger partial charge is 0.102 e. The first-order valence-electron chi connectivity index (χ1n) is 6.56. The van der Waals surface area contributed by atoms with Gasteiger partial charge in [0, 0.05) is 36.9 Å². The summed E-state index contributed by atoms with van der Waals surface area (Å²) in [6.07, 6.45) is 3.52. The highest BCUT2D eigenvalue weighted by molar-refractivity contribution is 6.30. The molecule has 0 aliphatic rings. The molecule has 0 spiro atoms. The van der Waals surface area contributed by atoms with Crippen LogP contribution in [0, 0.1) is 6.92 Å². The van der Waals surface area contributed by atoms with Crippen LogP contribution >= 0.6 is 11.6 Å². The van der Waals surface area contributed by atoms with Crippen molar-refractivity contribution in [3.8, 4) is 0 Å². The van der Waals surface area contributed by atoms with E-state index in [9.17, 15) is 5.11 Å². The van der Waals surface area contributed by atoms with E-state index in [2.05, 4.69) is 10.4 Å². The molecule has 0 saturated heterocycles. The minimum absolute atomic E-state index is 0.459. The van der Waals surface area contributed by atoms with Crippen molar-refractivity contribution >= 4 is 11.6 Å². The van der Waals surface area contributed by atoms with Crippen molar-refractivity contribution in [1.82, 2.24) is 15.1 Å². The van der Waals surface area contributed by atoms with Gasteiger partial charge in [-0.05, 0) is 37.1 Å². The fourth-order valence-corrected chi connectivity index (χ4v) is 2.33. The Morgan fingerprint density at radius 2 is 2.20 bits per heavy atom. The van der Waals surface area contributed by atoms with Crippen LogP contribution in [0.4, 0.5) is 0 Å². The van der Waals surface area contributed by atoms with Crippen LogP contribution in [0.1, 0.15) is 23.6 Å². The van der Waals surface area contributed by atoms with E-state index in [1.54, 1.807) is 17.8 Å². The van der Waals surface area contributed by atoms with Gasteiger partial charge in [0.1, 0.15) is 5.60 Å². The first-order valence-corrected chi connectivity index (χ1v) is 6.93. The number of hydrogen-bond acceptors (Lipinski definition) is 3. The summed E-state index contributed by atoms with van der Waals surface area (Å²) in [5, 5.41) is 18.6. The molecule has 1 atom stereocenters. The van der Waals surface area contributed by atoms with Crippen molar-refractivity contribution < 1.29 is 5.11 Å². The highest BCUT2D eigenvalue weighted by Gasteiger charge is 2.24. The normalized spacial score (nSPS) is 14.2. The molecule has 2 N–H and O–H groups in total. The summed E-state index contributed by atoms with van der Waals surface area (Å²) in [4.78, 5) is 0. The van der Waals surface area contributed by atoms with Gasteiger partial charge >= 0.3 is 0 Å². The molecule has 0 amide bonds. The van der Waals surface area contributed by atoms with E-state index in [1.807, 2.05) is 38.4 Å². The Balaban J connectivity index is 1.95. The summed E-state index contributed by atoms with van der Waals surface area (Å²) in [5.41, 5.74) is 2.19. The largest absolute Gasteiger partial charge is 0.384 e. The maximum absolute atomic E-state index is 10.5. The maximum Gasteiger partial charge on any atom is 0.102 e. The minimum atomic E-state index is -0.936. The lowest BCUT2D eigenvalue weighted by Gasteiger charge is -2.22. The van der Waals surface area contributed by atoms with Gasteiger partial charge in [0.15, 0.2) is 0 Å². The molecule has 0 aliphatic carbocycles. The molecule has 108 valence electrons. The Morgan fingerprint density at radius 3 is 2.80 bits per heavy atom. The molecule has 5 heteroatoms. The van der Waals surface area contributed by atoms with E-state index in [-0.39, 0.29) is 0 Å².